The van der Waals surface area contributed by atoms with Gasteiger partial charge < -0.3 is 4.42 Å². The summed E-state index contributed by atoms with van der Waals surface area (Å²) < 4.78 is 6.70. The van der Waals surface area contributed by atoms with E-state index in [4.69, 9.17) is 19.4 Å². The maximum absolute atomic E-state index is 6.70. The summed E-state index contributed by atoms with van der Waals surface area (Å²) in [5.41, 5.74) is 14.0. The van der Waals surface area contributed by atoms with Crippen LogP contribution in [0.3, 0.4) is 0 Å². The zero-order valence-corrected chi connectivity index (χ0v) is 28.8. The van der Waals surface area contributed by atoms with Gasteiger partial charge in [0, 0.05) is 32.9 Å². The number of aromatic nitrogens is 3. The minimum absolute atomic E-state index is 0.134. The molecule has 0 saturated carbocycles. The first-order valence-electron chi connectivity index (χ1n) is 17.7. The molecule has 0 saturated heterocycles. The molecular formula is C48H33N3O. The van der Waals surface area contributed by atoms with Crippen molar-refractivity contribution in [2.45, 2.75) is 19.3 Å². The number of hydrogen-bond donors (Lipinski definition) is 0. The molecule has 10 rings (SSSR count). The van der Waals surface area contributed by atoms with Gasteiger partial charge in [0.1, 0.15) is 11.2 Å². The third-order valence-corrected chi connectivity index (χ3v) is 10.5. The minimum Gasteiger partial charge on any atom is -0.456 e. The Balaban J connectivity index is 1.14. The van der Waals surface area contributed by atoms with E-state index >= 15 is 0 Å². The molecule has 246 valence electrons. The van der Waals surface area contributed by atoms with E-state index in [9.17, 15) is 0 Å². The van der Waals surface area contributed by atoms with E-state index in [0.717, 1.165) is 60.9 Å². The normalized spacial score (nSPS) is 13.0. The molecule has 0 unspecified atom stereocenters. The third kappa shape index (κ3) is 4.87. The van der Waals surface area contributed by atoms with Gasteiger partial charge in [-0.05, 0) is 74.8 Å². The number of nitrogens with zero attached hydrogens (tertiary/aromatic N) is 3. The zero-order valence-electron chi connectivity index (χ0n) is 28.8. The van der Waals surface area contributed by atoms with Crippen molar-refractivity contribution in [1.29, 1.82) is 0 Å². The van der Waals surface area contributed by atoms with Crippen LogP contribution in [0.1, 0.15) is 25.0 Å². The Kier molecular flexibility index (Phi) is 6.80. The molecular weight excluding hydrogens is 635 g/mol. The van der Waals surface area contributed by atoms with Gasteiger partial charge in [0.25, 0.3) is 0 Å². The molecule has 7 aromatic carbocycles. The molecule has 2 heterocycles. The summed E-state index contributed by atoms with van der Waals surface area (Å²) in [5, 5.41) is 2.14. The fourth-order valence-corrected chi connectivity index (χ4v) is 7.88. The van der Waals surface area contributed by atoms with Crippen LogP contribution in [0.15, 0.2) is 168 Å². The second kappa shape index (κ2) is 11.7. The first-order valence-corrected chi connectivity index (χ1v) is 17.7. The van der Waals surface area contributed by atoms with Gasteiger partial charge in [0.2, 0.25) is 0 Å². The van der Waals surface area contributed by atoms with E-state index in [0.29, 0.717) is 17.5 Å². The molecule has 0 atom stereocenters. The van der Waals surface area contributed by atoms with Gasteiger partial charge in [-0.15, -0.1) is 0 Å². The monoisotopic (exact) mass is 667 g/mol. The number of fused-ring (bicyclic) bond motifs is 6. The highest BCUT2D eigenvalue weighted by Gasteiger charge is 2.35. The highest BCUT2D eigenvalue weighted by Crippen LogP contribution is 2.49. The van der Waals surface area contributed by atoms with Crippen molar-refractivity contribution >= 4 is 21.9 Å². The Hall–Kier alpha value is -6.65. The molecule has 0 fully saturated rings. The van der Waals surface area contributed by atoms with Gasteiger partial charge in [0.15, 0.2) is 17.5 Å². The molecule has 2 aromatic heterocycles. The van der Waals surface area contributed by atoms with Crippen LogP contribution in [0.5, 0.6) is 0 Å². The molecule has 1 aliphatic carbocycles. The molecule has 4 heteroatoms. The van der Waals surface area contributed by atoms with Gasteiger partial charge in [-0.1, -0.05) is 147 Å². The molecule has 0 spiro atoms. The van der Waals surface area contributed by atoms with Crippen LogP contribution in [-0.4, -0.2) is 15.0 Å². The minimum atomic E-state index is -0.134. The van der Waals surface area contributed by atoms with Crippen LogP contribution in [-0.2, 0) is 5.41 Å². The van der Waals surface area contributed by atoms with Gasteiger partial charge in [-0.2, -0.15) is 0 Å². The van der Waals surface area contributed by atoms with Crippen molar-refractivity contribution in [3.05, 3.63) is 175 Å². The molecule has 4 nitrogen and oxygen atoms in total. The van der Waals surface area contributed by atoms with E-state index in [1.165, 1.54) is 22.3 Å². The molecule has 0 radical (unpaired) electrons. The number of hydrogen-bond acceptors (Lipinski definition) is 4. The van der Waals surface area contributed by atoms with E-state index in [1.54, 1.807) is 0 Å². The zero-order chi connectivity index (χ0) is 34.8. The van der Waals surface area contributed by atoms with Crippen LogP contribution in [0.25, 0.3) is 89.5 Å². The SMILES string of the molecule is CC1(C)c2ccccc2-c2ccc(-c3nc(-c4ccccc4)nc(-c4ccc5c(c4)oc4cc(-c6ccccc6)cc(-c6ccccc6)c45)n3)cc21. The lowest BCUT2D eigenvalue weighted by atomic mass is 9.82. The average molecular weight is 668 g/mol. The third-order valence-electron chi connectivity index (χ3n) is 10.5. The van der Waals surface area contributed by atoms with Crippen molar-refractivity contribution in [2.75, 3.05) is 0 Å². The summed E-state index contributed by atoms with van der Waals surface area (Å²) in [5.74, 6) is 1.87. The average Bonchev–Trinajstić information content (AvgIpc) is 3.69. The maximum atomic E-state index is 6.70. The highest BCUT2D eigenvalue weighted by molar-refractivity contribution is 6.14. The van der Waals surface area contributed by atoms with Crippen LogP contribution < -0.4 is 0 Å². The summed E-state index contributed by atoms with van der Waals surface area (Å²) >= 11 is 0. The summed E-state index contributed by atoms with van der Waals surface area (Å²) in [6.45, 7) is 4.59. The number of furan rings is 1. The second-order valence-electron chi connectivity index (χ2n) is 14.0. The fourth-order valence-electron chi connectivity index (χ4n) is 7.88. The first-order chi connectivity index (χ1) is 25.5. The van der Waals surface area contributed by atoms with E-state index < -0.39 is 0 Å². The van der Waals surface area contributed by atoms with E-state index in [-0.39, 0.29) is 5.41 Å². The predicted octanol–water partition coefficient (Wildman–Crippen LogP) is 12.4. The van der Waals surface area contributed by atoms with Crippen LogP contribution >= 0.6 is 0 Å². The van der Waals surface area contributed by atoms with Crippen molar-refractivity contribution in [3.8, 4) is 67.5 Å². The van der Waals surface area contributed by atoms with Gasteiger partial charge >= 0.3 is 0 Å². The first kappa shape index (κ1) is 30.2. The smallest absolute Gasteiger partial charge is 0.164 e. The molecule has 9 aromatic rings. The van der Waals surface area contributed by atoms with Crippen LogP contribution in [0.4, 0.5) is 0 Å². The Labute approximate surface area is 302 Å². The lowest BCUT2D eigenvalue weighted by molar-refractivity contribution is 0.660. The van der Waals surface area contributed by atoms with E-state index in [2.05, 4.69) is 141 Å². The predicted molar refractivity (Wildman–Crippen MR) is 212 cm³/mol. The van der Waals surface area contributed by atoms with Gasteiger partial charge in [0.05, 0.1) is 0 Å². The Morgan fingerprint density at radius 3 is 1.63 bits per heavy atom. The van der Waals surface area contributed by atoms with Gasteiger partial charge in [-0.25, -0.2) is 15.0 Å². The van der Waals surface area contributed by atoms with Crippen LogP contribution in [0.2, 0.25) is 0 Å². The summed E-state index contributed by atoms with van der Waals surface area (Å²) in [7, 11) is 0. The summed E-state index contributed by atoms with van der Waals surface area (Å²) in [6, 6.07) is 57.2. The summed E-state index contributed by atoms with van der Waals surface area (Å²) in [6.07, 6.45) is 0. The number of rotatable bonds is 5. The second-order valence-corrected chi connectivity index (χ2v) is 14.0. The maximum Gasteiger partial charge on any atom is 0.164 e. The van der Waals surface area contributed by atoms with E-state index in [1.807, 2.05) is 36.4 Å². The van der Waals surface area contributed by atoms with Crippen molar-refractivity contribution in [3.63, 3.8) is 0 Å². The fraction of sp³-hybridized carbons (Fsp3) is 0.0625. The quantitative estimate of drug-likeness (QED) is 0.183. The topological polar surface area (TPSA) is 51.8 Å². The van der Waals surface area contributed by atoms with Crippen molar-refractivity contribution < 1.29 is 4.42 Å². The largest absolute Gasteiger partial charge is 0.456 e. The van der Waals surface area contributed by atoms with Crippen LogP contribution in [0, 0.1) is 0 Å². The van der Waals surface area contributed by atoms with Crippen molar-refractivity contribution in [1.82, 2.24) is 15.0 Å². The van der Waals surface area contributed by atoms with Gasteiger partial charge in [-0.3, -0.25) is 0 Å². The van der Waals surface area contributed by atoms with Crippen molar-refractivity contribution in [2.24, 2.45) is 0 Å². The lowest BCUT2D eigenvalue weighted by Crippen LogP contribution is -2.15. The Morgan fingerprint density at radius 2 is 0.923 bits per heavy atom. The molecule has 0 amide bonds. The lowest BCUT2D eigenvalue weighted by Gasteiger charge is -2.21. The standard InChI is InChI=1S/C48H33N3O/c1-48(2)40-21-13-12-20-36(40)37-24-22-33(27-41(37)48)46-49-45(32-18-10-5-11-19-32)50-47(51-46)34-23-25-38-42(28-34)52-43-29-35(30-14-6-3-7-15-30)26-39(44(38)43)31-16-8-4-9-17-31/h3-29H,1-2H3. The molecule has 0 aliphatic heterocycles. The Bertz CT molecular complexity index is 2800. The molecule has 0 bridgehead atoms. The summed E-state index contributed by atoms with van der Waals surface area (Å²) in [4.78, 5) is 15.2. The Morgan fingerprint density at radius 1 is 0.385 bits per heavy atom. The molecule has 0 N–H and O–H groups in total. The number of benzene rings is 7. The molecule has 1 aliphatic rings. The highest BCUT2D eigenvalue weighted by atomic mass is 16.3. The molecule has 52 heavy (non-hydrogen) atoms.